The SMILES string of the molecule is CS(=O)(=O)OCC1(c2cccc(F)c2)CCN(Cc2ccccc2)CC1. The van der Waals surface area contributed by atoms with Crippen LogP contribution in [0.1, 0.15) is 24.0 Å². The molecule has 0 amide bonds. The fourth-order valence-corrected chi connectivity index (χ4v) is 3.97. The minimum atomic E-state index is -3.55. The van der Waals surface area contributed by atoms with Gasteiger partial charge in [-0.1, -0.05) is 42.5 Å². The molecule has 1 saturated heterocycles. The molecule has 0 unspecified atom stereocenters. The van der Waals surface area contributed by atoms with Gasteiger partial charge in [-0.05, 0) is 49.2 Å². The first kappa shape index (κ1) is 19.0. The Morgan fingerprint density at radius 3 is 2.38 bits per heavy atom. The molecule has 26 heavy (non-hydrogen) atoms. The Balaban J connectivity index is 1.76. The second-order valence-corrected chi connectivity index (χ2v) is 8.66. The number of piperidine rings is 1. The summed E-state index contributed by atoms with van der Waals surface area (Å²) in [6, 6.07) is 16.7. The maximum Gasteiger partial charge on any atom is 0.264 e. The van der Waals surface area contributed by atoms with E-state index in [4.69, 9.17) is 4.18 Å². The van der Waals surface area contributed by atoms with Gasteiger partial charge in [-0.15, -0.1) is 0 Å². The minimum Gasteiger partial charge on any atom is -0.299 e. The molecule has 2 aromatic rings. The van der Waals surface area contributed by atoms with Crippen molar-refractivity contribution in [2.45, 2.75) is 24.8 Å². The van der Waals surface area contributed by atoms with Crippen molar-refractivity contribution in [1.82, 2.24) is 4.90 Å². The van der Waals surface area contributed by atoms with E-state index in [0.717, 1.165) is 44.3 Å². The van der Waals surface area contributed by atoms with E-state index >= 15 is 0 Å². The van der Waals surface area contributed by atoms with Crippen molar-refractivity contribution in [3.63, 3.8) is 0 Å². The van der Waals surface area contributed by atoms with Crippen molar-refractivity contribution in [2.75, 3.05) is 26.0 Å². The van der Waals surface area contributed by atoms with Crippen LogP contribution < -0.4 is 0 Å². The highest BCUT2D eigenvalue weighted by Gasteiger charge is 2.37. The van der Waals surface area contributed by atoms with Gasteiger partial charge in [-0.25, -0.2) is 4.39 Å². The van der Waals surface area contributed by atoms with Gasteiger partial charge in [0.25, 0.3) is 10.1 Å². The molecule has 1 aliphatic heterocycles. The van der Waals surface area contributed by atoms with Crippen molar-refractivity contribution >= 4 is 10.1 Å². The number of rotatable bonds is 6. The zero-order chi connectivity index (χ0) is 18.6. The molecule has 0 bridgehead atoms. The van der Waals surface area contributed by atoms with E-state index in [1.807, 2.05) is 24.3 Å². The van der Waals surface area contributed by atoms with Gasteiger partial charge in [0.15, 0.2) is 0 Å². The molecular formula is C20H24FNO3S. The maximum atomic E-state index is 13.8. The highest BCUT2D eigenvalue weighted by Crippen LogP contribution is 2.37. The highest BCUT2D eigenvalue weighted by atomic mass is 32.2. The van der Waals surface area contributed by atoms with Crippen LogP contribution >= 0.6 is 0 Å². The fraction of sp³-hybridized carbons (Fsp3) is 0.400. The molecule has 1 fully saturated rings. The standard InChI is InChI=1S/C20H24FNO3S/c1-26(23,24)25-16-20(18-8-5-9-19(21)14-18)10-12-22(13-11-20)15-17-6-3-2-4-7-17/h2-9,14H,10-13,15-16H2,1H3. The third-order valence-electron chi connectivity index (χ3n) is 5.05. The molecule has 1 heterocycles. The van der Waals surface area contributed by atoms with Crippen LogP contribution in [0.5, 0.6) is 0 Å². The summed E-state index contributed by atoms with van der Waals surface area (Å²) in [5.41, 5.74) is 1.57. The van der Waals surface area contributed by atoms with E-state index in [9.17, 15) is 12.8 Å². The normalized spacial score (nSPS) is 17.9. The predicted octanol–water partition coefficient (Wildman–Crippen LogP) is 3.34. The molecule has 6 heteroatoms. The van der Waals surface area contributed by atoms with Crippen molar-refractivity contribution in [1.29, 1.82) is 0 Å². The summed E-state index contributed by atoms with van der Waals surface area (Å²) >= 11 is 0. The zero-order valence-corrected chi connectivity index (χ0v) is 15.7. The first-order valence-corrected chi connectivity index (χ1v) is 10.5. The maximum absolute atomic E-state index is 13.8. The zero-order valence-electron chi connectivity index (χ0n) is 14.9. The van der Waals surface area contributed by atoms with Crippen LogP contribution in [0.2, 0.25) is 0 Å². The quantitative estimate of drug-likeness (QED) is 0.725. The molecule has 0 N–H and O–H groups in total. The molecule has 3 rings (SSSR count). The third-order valence-corrected chi connectivity index (χ3v) is 5.59. The second kappa shape index (κ2) is 7.86. The summed E-state index contributed by atoms with van der Waals surface area (Å²) in [4.78, 5) is 2.34. The Bertz CT molecular complexity index is 831. The summed E-state index contributed by atoms with van der Waals surface area (Å²) in [5.74, 6) is -0.312. The van der Waals surface area contributed by atoms with Gasteiger partial charge in [0.2, 0.25) is 0 Å². The Hall–Kier alpha value is -1.76. The van der Waals surface area contributed by atoms with E-state index in [1.54, 1.807) is 6.07 Å². The number of hydrogen-bond donors (Lipinski definition) is 0. The lowest BCUT2D eigenvalue weighted by Gasteiger charge is -2.42. The predicted molar refractivity (Wildman–Crippen MR) is 99.8 cm³/mol. The monoisotopic (exact) mass is 377 g/mol. The van der Waals surface area contributed by atoms with E-state index < -0.39 is 15.5 Å². The Morgan fingerprint density at radius 2 is 1.77 bits per heavy atom. The van der Waals surface area contributed by atoms with Crippen LogP contribution in [0, 0.1) is 5.82 Å². The largest absolute Gasteiger partial charge is 0.299 e. The number of benzene rings is 2. The molecule has 1 aliphatic rings. The molecule has 0 aliphatic carbocycles. The minimum absolute atomic E-state index is 0.0501. The van der Waals surface area contributed by atoms with Gasteiger partial charge in [0.05, 0.1) is 12.9 Å². The Morgan fingerprint density at radius 1 is 1.08 bits per heavy atom. The van der Waals surface area contributed by atoms with E-state index in [1.165, 1.54) is 17.7 Å². The first-order chi connectivity index (χ1) is 12.4. The number of nitrogens with zero attached hydrogens (tertiary/aromatic N) is 1. The van der Waals surface area contributed by atoms with Crippen molar-refractivity contribution in [2.24, 2.45) is 0 Å². The van der Waals surface area contributed by atoms with E-state index in [-0.39, 0.29) is 12.4 Å². The molecule has 0 aromatic heterocycles. The summed E-state index contributed by atoms with van der Waals surface area (Å²) in [7, 11) is -3.55. The highest BCUT2D eigenvalue weighted by molar-refractivity contribution is 7.85. The molecule has 0 saturated carbocycles. The molecule has 4 nitrogen and oxygen atoms in total. The van der Waals surface area contributed by atoms with Crippen LogP contribution in [-0.2, 0) is 26.3 Å². The second-order valence-electron chi connectivity index (χ2n) is 7.02. The lowest BCUT2D eigenvalue weighted by atomic mass is 9.73. The fourth-order valence-electron chi connectivity index (χ4n) is 3.54. The van der Waals surface area contributed by atoms with Gasteiger partial charge in [0, 0.05) is 12.0 Å². The summed E-state index contributed by atoms with van der Waals surface area (Å²) < 4.78 is 41.9. The molecule has 0 radical (unpaired) electrons. The summed E-state index contributed by atoms with van der Waals surface area (Å²) in [6.45, 7) is 2.51. The van der Waals surface area contributed by atoms with Gasteiger partial charge in [0.1, 0.15) is 5.82 Å². The molecular weight excluding hydrogens is 353 g/mol. The van der Waals surface area contributed by atoms with Gasteiger partial charge in [-0.2, -0.15) is 8.42 Å². The van der Waals surface area contributed by atoms with Crippen molar-refractivity contribution in [3.8, 4) is 0 Å². The Kier molecular flexibility index (Phi) is 5.75. The van der Waals surface area contributed by atoms with Gasteiger partial charge >= 0.3 is 0 Å². The van der Waals surface area contributed by atoms with E-state index in [0.29, 0.717) is 0 Å². The molecule has 2 aromatic carbocycles. The third kappa shape index (κ3) is 4.90. The van der Waals surface area contributed by atoms with Crippen LogP contribution in [-0.4, -0.2) is 39.3 Å². The number of likely N-dealkylation sites (tertiary alicyclic amines) is 1. The average Bonchev–Trinajstić information content (AvgIpc) is 2.62. The lowest BCUT2D eigenvalue weighted by Crippen LogP contribution is -2.45. The van der Waals surface area contributed by atoms with Crippen LogP contribution in [0.4, 0.5) is 4.39 Å². The summed E-state index contributed by atoms with van der Waals surface area (Å²) in [6.07, 6.45) is 2.49. The van der Waals surface area contributed by atoms with Crippen molar-refractivity contribution < 1.29 is 17.0 Å². The topological polar surface area (TPSA) is 46.6 Å². The van der Waals surface area contributed by atoms with Gasteiger partial charge < -0.3 is 0 Å². The lowest BCUT2D eigenvalue weighted by molar-refractivity contribution is 0.110. The van der Waals surface area contributed by atoms with Gasteiger partial charge in [-0.3, -0.25) is 9.08 Å². The van der Waals surface area contributed by atoms with Crippen molar-refractivity contribution in [3.05, 3.63) is 71.5 Å². The summed E-state index contributed by atoms with van der Waals surface area (Å²) in [5, 5.41) is 0. The van der Waals surface area contributed by atoms with Crippen LogP contribution in [0.15, 0.2) is 54.6 Å². The van der Waals surface area contributed by atoms with Crippen LogP contribution in [0.25, 0.3) is 0 Å². The number of halogens is 1. The average molecular weight is 377 g/mol. The van der Waals surface area contributed by atoms with E-state index in [2.05, 4.69) is 17.0 Å². The molecule has 0 spiro atoms. The Labute approximate surface area is 154 Å². The molecule has 0 atom stereocenters. The van der Waals surface area contributed by atoms with Crippen LogP contribution in [0.3, 0.4) is 0 Å². The first-order valence-electron chi connectivity index (χ1n) is 8.73. The smallest absolute Gasteiger partial charge is 0.264 e. The molecule has 140 valence electrons. The number of hydrogen-bond acceptors (Lipinski definition) is 4.